The summed E-state index contributed by atoms with van der Waals surface area (Å²) >= 11 is 1.71. The summed E-state index contributed by atoms with van der Waals surface area (Å²) in [7, 11) is 0. The molecule has 0 amide bonds. The lowest BCUT2D eigenvalue weighted by molar-refractivity contribution is 0.270. The van der Waals surface area contributed by atoms with E-state index in [0.717, 1.165) is 12.8 Å². The molecule has 0 fully saturated rings. The Kier molecular flexibility index (Phi) is 4.42. The second-order valence-corrected chi connectivity index (χ2v) is 5.63. The van der Waals surface area contributed by atoms with Gasteiger partial charge in [-0.15, -0.1) is 0 Å². The summed E-state index contributed by atoms with van der Waals surface area (Å²) in [4.78, 5) is 4.47. The third-order valence-corrected chi connectivity index (χ3v) is 4.63. The van der Waals surface area contributed by atoms with E-state index in [4.69, 9.17) is 0 Å². The van der Waals surface area contributed by atoms with Crippen molar-refractivity contribution in [3.05, 3.63) is 29.6 Å². The van der Waals surface area contributed by atoms with E-state index in [-0.39, 0.29) is 11.9 Å². The molecule has 1 aliphatic carbocycles. The Morgan fingerprint density at radius 2 is 2.47 bits per heavy atom. The maximum absolute atomic E-state index is 9.29. The van der Waals surface area contributed by atoms with Crippen molar-refractivity contribution < 1.29 is 5.11 Å². The Morgan fingerprint density at radius 1 is 1.65 bits per heavy atom. The van der Waals surface area contributed by atoms with E-state index in [1.165, 1.54) is 11.3 Å². The first-order valence-electron chi connectivity index (χ1n) is 6.09. The minimum atomic E-state index is 0.219. The van der Waals surface area contributed by atoms with E-state index in [9.17, 15) is 5.11 Å². The molecule has 2 rings (SSSR count). The number of thioether (sulfide) groups is 1. The summed E-state index contributed by atoms with van der Waals surface area (Å²) in [5.74, 6) is 0. The van der Waals surface area contributed by atoms with E-state index in [1.807, 2.05) is 18.5 Å². The average Bonchev–Trinajstić information content (AvgIpc) is 2.74. The molecule has 0 radical (unpaired) electrons. The molecule has 3 unspecified atom stereocenters. The first-order valence-corrected chi connectivity index (χ1v) is 7.38. The fraction of sp³-hybridized carbons (Fsp3) is 0.615. The largest absolute Gasteiger partial charge is 0.395 e. The highest BCUT2D eigenvalue weighted by molar-refractivity contribution is 7.99. The van der Waals surface area contributed by atoms with Crippen LogP contribution in [0.15, 0.2) is 18.3 Å². The van der Waals surface area contributed by atoms with E-state index in [0.29, 0.717) is 12.1 Å². The molecule has 17 heavy (non-hydrogen) atoms. The van der Waals surface area contributed by atoms with Crippen LogP contribution < -0.4 is 5.32 Å². The topological polar surface area (TPSA) is 45.1 Å². The number of pyridine rings is 1. The molecule has 0 saturated carbocycles. The number of hydrogen-bond acceptors (Lipinski definition) is 4. The third kappa shape index (κ3) is 2.81. The molecule has 3 nitrogen and oxygen atoms in total. The van der Waals surface area contributed by atoms with Crippen molar-refractivity contribution in [3.63, 3.8) is 0 Å². The Bertz CT molecular complexity index is 368. The van der Waals surface area contributed by atoms with E-state index in [1.54, 1.807) is 11.8 Å². The van der Waals surface area contributed by atoms with Crippen LogP contribution >= 0.6 is 11.8 Å². The molecule has 0 aromatic carbocycles. The van der Waals surface area contributed by atoms with Crippen LogP contribution in [0, 0.1) is 0 Å². The van der Waals surface area contributed by atoms with Gasteiger partial charge in [-0.05, 0) is 37.7 Å². The quantitative estimate of drug-likeness (QED) is 0.838. The van der Waals surface area contributed by atoms with Gasteiger partial charge in [0.2, 0.25) is 0 Å². The van der Waals surface area contributed by atoms with Gasteiger partial charge in [-0.3, -0.25) is 4.98 Å². The SMILES string of the molecule is CSC(CO)C(C)NC1CCc2cccnc21. The second-order valence-electron chi connectivity index (χ2n) is 4.55. The van der Waals surface area contributed by atoms with Crippen molar-refractivity contribution in [1.82, 2.24) is 10.3 Å². The zero-order chi connectivity index (χ0) is 12.3. The Labute approximate surface area is 107 Å². The third-order valence-electron chi connectivity index (χ3n) is 3.46. The Hall–Kier alpha value is -0.580. The van der Waals surface area contributed by atoms with Crippen molar-refractivity contribution in [2.24, 2.45) is 0 Å². The van der Waals surface area contributed by atoms with Crippen LogP contribution in [0.1, 0.15) is 30.6 Å². The molecule has 2 N–H and O–H groups in total. The van der Waals surface area contributed by atoms with Gasteiger partial charge in [0.15, 0.2) is 0 Å². The summed E-state index contributed by atoms with van der Waals surface area (Å²) in [6.45, 7) is 2.36. The van der Waals surface area contributed by atoms with E-state index >= 15 is 0 Å². The van der Waals surface area contributed by atoms with Crippen LogP contribution in [-0.4, -0.2) is 34.2 Å². The van der Waals surface area contributed by atoms with Crippen molar-refractivity contribution in [1.29, 1.82) is 0 Å². The molecule has 1 heterocycles. The number of aryl methyl sites for hydroxylation is 1. The summed E-state index contributed by atoms with van der Waals surface area (Å²) in [5, 5.41) is 13.1. The van der Waals surface area contributed by atoms with Gasteiger partial charge >= 0.3 is 0 Å². The van der Waals surface area contributed by atoms with E-state index < -0.39 is 0 Å². The number of rotatable bonds is 5. The standard InChI is InChI=1S/C13H20N2OS/c1-9(12(8-16)17-2)15-11-6-5-10-4-3-7-14-13(10)11/h3-4,7,9,11-12,15-16H,5-6,8H2,1-2H3. The van der Waals surface area contributed by atoms with Crippen LogP contribution in [0.5, 0.6) is 0 Å². The number of nitrogens with zero attached hydrogens (tertiary/aromatic N) is 1. The van der Waals surface area contributed by atoms with Crippen LogP contribution in [-0.2, 0) is 6.42 Å². The lowest BCUT2D eigenvalue weighted by atomic mass is 10.1. The fourth-order valence-corrected chi connectivity index (χ4v) is 3.07. The minimum absolute atomic E-state index is 0.219. The van der Waals surface area contributed by atoms with Crippen molar-refractivity contribution in [2.45, 2.75) is 37.1 Å². The van der Waals surface area contributed by atoms with Gasteiger partial charge < -0.3 is 10.4 Å². The molecule has 0 saturated heterocycles. The van der Waals surface area contributed by atoms with E-state index in [2.05, 4.69) is 23.3 Å². The highest BCUT2D eigenvalue weighted by Crippen LogP contribution is 2.29. The molecule has 3 atom stereocenters. The zero-order valence-corrected chi connectivity index (χ0v) is 11.2. The first kappa shape index (κ1) is 12.9. The summed E-state index contributed by atoms with van der Waals surface area (Å²) in [6, 6.07) is 4.81. The molecule has 1 aliphatic rings. The van der Waals surface area contributed by atoms with Gasteiger partial charge in [0.05, 0.1) is 18.3 Å². The monoisotopic (exact) mass is 252 g/mol. The zero-order valence-electron chi connectivity index (χ0n) is 10.4. The predicted octanol–water partition coefficient (Wildman–Crippen LogP) is 1.77. The molecule has 94 valence electrons. The van der Waals surface area contributed by atoms with Crippen LogP contribution in [0.4, 0.5) is 0 Å². The van der Waals surface area contributed by atoms with Crippen molar-refractivity contribution >= 4 is 11.8 Å². The Balaban J connectivity index is 2.02. The van der Waals surface area contributed by atoms with Gasteiger partial charge in [-0.25, -0.2) is 0 Å². The fourth-order valence-electron chi connectivity index (χ4n) is 2.44. The average molecular weight is 252 g/mol. The number of hydrogen-bond donors (Lipinski definition) is 2. The maximum Gasteiger partial charge on any atom is 0.0605 e. The van der Waals surface area contributed by atoms with Gasteiger partial charge in [-0.2, -0.15) is 11.8 Å². The predicted molar refractivity (Wildman–Crippen MR) is 72.3 cm³/mol. The minimum Gasteiger partial charge on any atom is -0.395 e. The van der Waals surface area contributed by atoms with Gasteiger partial charge in [-0.1, -0.05) is 6.07 Å². The molecule has 1 aromatic rings. The summed E-state index contributed by atoms with van der Waals surface area (Å²) in [6.07, 6.45) is 6.13. The normalized spacial score (nSPS) is 22.2. The molecule has 4 heteroatoms. The van der Waals surface area contributed by atoms with Gasteiger partial charge in [0.1, 0.15) is 0 Å². The van der Waals surface area contributed by atoms with Gasteiger partial charge in [0.25, 0.3) is 0 Å². The van der Waals surface area contributed by atoms with Crippen LogP contribution in [0.25, 0.3) is 0 Å². The molecular weight excluding hydrogens is 232 g/mol. The Morgan fingerprint density at radius 3 is 3.18 bits per heavy atom. The molecule has 0 spiro atoms. The highest BCUT2D eigenvalue weighted by atomic mass is 32.2. The van der Waals surface area contributed by atoms with Crippen LogP contribution in [0.3, 0.4) is 0 Å². The molecule has 0 aliphatic heterocycles. The lowest BCUT2D eigenvalue weighted by Gasteiger charge is -2.25. The summed E-state index contributed by atoms with van der Waals surface area (Å²) < 4.78 is 0. The van der Waals surface area contributed by atoms with Crippen LogP contribution in [0.2, 0.25) is 0 Å². The highest BCUT2D eigenvalue weighted by Gasteiger charge is 2.26. The smallest absolute Gasteiger partial charge is 0.0605 e. The first-order chi connectivity index (χ1) is 8.26. The number of nitrogens with one attached hydrogen (secondary N) is 1. The molecule has 0 bridgehead atoms. The number of aromatic nitrogens is 1. The number of aliphatic hydroxyl groups excluding tert-OH is 1. The number of fused-ring (bicyclic) bond motifs is 1. The van der Waals surface area contributed by atoms with Crippen molar-refractivity contribution in [3.8, 4) is 0 Å². The maximum atomic E-state index is 9.29. The molecular formula is C13H20N2OS. The van der Waals surface area contributed by atoms with Gasteiger partial charge in [0, 0.05) is 17.5 Å². The van der Waals surface area contributed by atoms with Crippen molar-refractivity contribution in [2.75, 3.05) is 12.9 Å². The summed E-state index contributed by atoms with van der Waals surface area (Å²) in [5.41, 5.74) is 2.55. The lowest BCUT2D eigenvalue weighted by Crippen LogP contribution is -2.39. The second kappa shape index (κ2) is 5.85. The number of aliphatic hydroxyl groups is 1. The molecule has 1 aromatic heterocycles.